The number of nitrogens with one attached hydrogen (secondary N) is 1. The lowest BCUT2D eigenvalue weighted by molar-refractivity contribution is -0.120. The molecule has 2 aliphatic rings. The van der Waals surface area contributed by atoms with E-state index in [1.54, 1.807) is 24.3 Å². The third-order valence-electron chi connectivity index (χ3n) is 5.73. The minimum Gasteiger partial charge on any atom is -0.454 e. The molecule has 2 aromatic carbocycles. The molecular weight excluding hydrogens is 418 g/mol. The minimum atomic E-state index is -3.46. The van der Waals surface area contributed by atoms with Gasteiger partial charge < -0.3 is 14.8 Å². The van der Waals surface area contributed by atoms with Gasteiger partial charge in [-0.1, -0.05) is 6.07 Å². The normalized spacial score (nSPS) is 17.1. The van der Waals surface area contributed by atoms with E-state index in [1.165, 1.54) is 4.31 Å². The first-order valence-electron chi connectivity index (χ1n) is 10.3. The highest BCUT2D eigenvalue weighted by Gasteiger charge is 2.27. The van der Waals surface area contributed by atoms with Crippen molar-refractivity contribution in [1.29, 1.82) is 0 Å². The summed E-state index contributed by atoms with van der Waals surface area (Å²) in [6.07, 6.45) is 1.79. The second-order valence-corrected chi connectivity index (χ2v) is 9.84. The van der Waals surface area contributed by atoms with Crippen molar-refractivity contribution in [3.63, 3.8) is 0 Å². The van der Waals surface area contributed by atoms with Crippen molar-refractivity contribution >= 4 is 21.6 Å². The molecule has 1 fully saturated rings. The Balaban J connectivity index is 1.36. The van der Waals surface area contributed by atoms with Crippen LogP contribution in [0.25, 0.3) is 0 Å². The predicted molar refractivity (Wildman–Crippen MR) is 117 cm³/mol. The number of nitrogens with zero attached hydrogens (tertiary/aromatic N) is 2. The van der Waals surface area contributed by atoms with Gasteiger partial charge in [0.1, 0.15) is 0 Å². The van der Waals surface area contributed by atoms with E-state index in [0.717, 1.165) is 24.2 Å². The molecule has 2 aromatic rings. The highest BCUT2D eigenvalue weighted by Crippen LogP contribution is 2.32. The van der Waals surface area contributed by atoms with Crippen molar-refractivity contribution in [2.45, 2.75) is 37.2 Å². The Kier molecular flexibility index (Phi) is 6.17. The summed E-state index contributed by atoms with van der Waals surface area (Å²) in [6, 6.07) is 11.7. The molecule has 0 bridgehead atoms. The molecule has 0 saturated carbocycles. The van der Waals surface area contributed by atoms with E-state index in [0.29, 0.717) is 31.1 Å². The Morgan fingerprint density at radius 1 is 1.10 bits per heavy atom. The number of anilines is 1. The van der Waals surface area contributed by atoms with Gasteiger partial charge in [-0.05, 0) is 68.8 Å². The maximum atomic E-state index is 12.7. The maximum absolute atomic E-state index is 12.7. The van der Waals surface area contributed by atoms with Crippen LogP contribution in [0.5, 0.6) is 11.5 Å². The fourth-order valence-corrected chi connectivity index (χ4v) is 5.22. The van der Waals surface area contributed by atoms with Crippen molar-refractivity contribution in [2.24, 2.45) is 0 Å². The fourth-order valence-electron chi connectivity index (χ4n) is 3.70. The molecule has 8 nitrogen and oxygen atoms in total. The molecule has 31 heavy (non-hydrogen) atoms. The zero-order chi connectivity index (χ0) is 22.0. The number of rotatable bonds is 7. The molecule has 9 heteroatoms. The summed E-state index contributed by atoms with van der Waals surface area (Å²) >= 11 is 0. The number of hydrogen-bond donors (Lipinski definition) is 1. The quantitative estimate of drug-likeness (QED) is 0.705. The van der Waals surface area contributed by atoms with E-state index in [-0.39, 0.29) is 17.6 Å². The van der Waals surface area contributed by atoms with Crippen LogP contribution < -0.4 is 14.8 Å². The molecule has 1 atom stereocenters. The highest BCUT2D eigenvalue weighted by atomic mass is 32.2. The Hall–Kier alpha value is -2.62. The van der Waals surface area contributed by atoms with Crippen LogP contribution in [0.3, 0.4) is 0 Å². The summed E-state index contributed by atoms with van der Waals surface area (Å²) in [5.41, 5.74) is 1.58. The first-order chi connectivity index (χ1) is 14.8. The molecule has 1 saturated heterocycles. The van der Waals surface area contributed by atoms with Crippen LogP contribution >= 0.6 is 0 Å². The minimum absolute atomic E-state index is 0.168. The topological polar surface area (TPSA) is 88.2 Å². The fraction of sp³-hybridized carbons (Fsp3) is 0.409. The van der Waals surface area contributed by atoms with Crippen LogP contribution in [0.1, 0.15) is 25.3 Å². The number of amides is 1. The summed E-state index contributed by atoms with van der Waals surface area (Å²) in [5, 5.41) is 2.86. The highest BCUT2D eigenvalue weighted by molar-refractivity contribution is 7.89. The summed E-state index contributed by atoms with van der Waals surface area (Å²) < 4.78 is 37.5. The van der Waals surface area contributed by atoms with Crippen LogP contribution in [0.4, 0.5) is 5.69 Å². The summed E-state index contributed by atoms with van der Waals surface area (Å²) in [5.74, 6) is 1.28. The van der Waals surface area contributed by atoms with Crippen LogP contribution in [0.2, 0.25) is 0 Å². The third-order valence-corrected chi connectivity index (χ3v) is 7.65. The van der Waals surface area contributed by atoms with Crippen molar-refractivity contribution in [2.75, 3.05) is 32.2 Å². The van der Waals surface area contributed by atoms with Crippen molar-refractivity contribution in [3.8, 4) is 11.5 Å². The lowest BCUT2D eigenvalue weighted by atomic mass is 10.1. The molecule has 0 aromatic heterocycles. The van der Waals surface area contributed by atoms with Crippen LogP contribution in [-0.4, -0.2) is 56.5 Å². The van der Waals surface area contributed by atoms with Crippen molar-refractivity contribution in [1.82, 2.24) is 9.21 Å². The molecule has 0 spiro atoms. The molecule has 166 valence electrons. The van der Waals surface area contributed by atoms with Gasteiger partial charge in [-0.2, -0.15) is 4.31 Å². The van der Waals surface area contributed by atoms with Gasteiger partial charge in [0.2, 0.25) is 22.7 Å². The van der Waals surface area contributed by atoms with Crippen LogP contribution in [0.15, 0.2) is 47.4 Å². The van der Waals surface area contributed by atoms with Gasteiger partial charge in [0.05, 0.1) is 10.9 Å². The van der Waals surface area contributed by atoms with E-state index < -0.39 is 16.1 Å². The molecule has 0 radical (unpaired) electrons. The molecule has 1 N–H and O–H groups in total. The molecule has 2 aliphatic heterocycles. The van der Waals surface area contributed by atoms with Crippen LogP contribution in [0, 0.1) is 0 Å². The molecular formula is C22H27N3O5S. The smallest absolute Gasteiger partial charge is 0.243 e. The monoisotopic (exact) mass is 445 g/mol. The number of benzene rings is 2. The number of carbonyl (C=O) groups is 1. The zero-order valence-electron chi connectivity index (χ0n) is 17.7. The molecule has 0 aliphatic carbocycles. The largest absolute Gasteiger partial charge is 0.454 e. The Labute approximate surface area is 182 Å². The van der Waals surface area contributed by atoms with Gasteiger partial charge in [-0.15, -0.1) is 0 Å². The lowest BCUT2D eigenvalue weighted by Crippen LogP contribution is -2.39. The summed E-state index contributed by atoms with van der Waals surface area (Å²) in [7, 11) is -1.58. The van der Waals surface area contributed by atoms with Crippen LogP contribution in [-0.2, 0) is 21.4 Å². The van der Waals surface area contributed by atoms with E-state index in [2.05, 4.69) is 5.32 Å². The lowest BCUT2D eigenvalue weighted by Gasteiger charge is -2.24. The van der Waals surface area contributed by atoms with Crippen molar-refractivity contribution in [3.05, 3.63) is 48.0 Å². The standard InChI is InChI=1S/C22H27N3O5S/c1-16(24(2)14-17-5-10-20-21(13-17)30-15-29-20)22(26)23-18-6-8-19(9-7-18)31(27,28)25-11-3-4-12-25/h5-10,13,16H,3-4,11-12,14-15H2,1-2H3,(H,23,26). The molecule has 2 heterocycles. The Bertz CT molecular complexity index is 1050. The summed E-state index contributed by atoms with van der Waals surface area (Å²) in [6.45, 7) is 3.75. The van der Waals surface area contributed by atoms with Gasteiger partial charge in [0.25, 0.3) is 0 Å². The predicted octanol–water partition coefficient (Wildman–Crippen LogP) is 2.66. The second kappa shape index (κ2) is 8.86. The first kappa shape index (κ1) is 21.6. The maximum Gasteiger partial charge on any atom is 0.243 e. The first-order valence-corrected chi connectivity index (χ1v) is 11.8. The zero-order valence-corrected chi connectivity index (χ0v) is 18.5. The Morgan fingerprint density at radius 2 is 1.77 bits per heavy atom. The van der Waals surface area contributed by atoms with E-state index >= 15 is 0 Å². The third kappa shape index (κ3) is 4.68. The van der Waals surface area contributed by atoms with Gasteiger partial charge in [0, 0.05) is 25.3 Å². The summed E-state index contributed by atoms with van der Waals surface area (Å²) in [4.78, 5) is 14.9. The molecule has 1 unspecified atom stereocenters. The van der Waals surface area contributed by atoms with E-state index in [1.807, 2.05) is 37.1 Å². The van der Waals surface area contributed by atoms with E-state index in [9.17, 15) is 13.2 Å². The average molecular weight is 446 g/mol. The average Bonchev–Trinajstić information content (AvgIpc) is 3.45. The van der Waals surface area contributed by atoms with E-state index in [4.69, 9.17) is 9.47 Å². The number of carbonyl (C=O) groups excluding carboxylic acids is 1. The van der Waals surface area contributed by atoms with Crippen molar-refractivity contribution < 1.29 is 22.7 Å². The molecule has 4 rings (SSSR count). The van der Waals surface area contributed by atoms with Gasteiger partial charge in [-0.25, -0.2) is 8.42 Å². The Morgan fingerprint density at radius 3 is 2.48 bits per heavy atom. The SMILES string of the molecule is CC(C(=O)Nc1ccc(S(=O)(=O)N2CCCC2)cc1)N(C)Cc1ccc2c(c1)OCO2. The van der Waals surface area contributed by atoms with Gasteiger partial charge >= 0.3 is 0 Å². The number of hydrogen-bond acceptors (Lipinski definition) is 6. The van der Waals surface area contributed by atoms with Gasteiger partial charge in [-0.3, -0.25) is 9.69 Å². The second-order valence-electron chi connectivity index (χ2n) is 7.90. The number of ether oxygens (including phenoxy) is 2. The number of sulfonamides is 1. The van der Waals surface area contributed by atoms with Gasteiger partial charge in [0.15, 0.2) is 11.5 Å². The number of likely N-dealkylation sites (N-methyl/N-ethyl adjacent to an activating group) is 1. The molecule has 1 amide bonds. The number of fused-ring (bicyclic) bond motifs is 1.